The Morgan fingerprint density at radius 2 is 2.56 bits per heavy atom. The fraction of sp³-hybridized carbons (Fsp3) is 0.857. The number of rotatable bonds is 2. The molecule has 2 N–H and O–H groups in total. The van der Waals surface area contributed by atoms with Gasteiger partial charge in [0.1, 0.15) is 13.1 Å². The summed E-state index contributed by atoms with van der Waals surface area (Å²) in [5.74, 6) is 2.02. The van der Waals surface area contributed by atoms with Gasteiger partial charge >= 0.3 is 0 Å². The van der Waals surface area contributed by atoms with Gasteiger partial charge in [0.2, 0.25) is 5.84 Å². The van der Waals surface area contributed by atoms with Crippen molar-refractivity contribution < 1.29 is 4.99 Å². The molecular weight excluding hydrogens is 112 g/mol. The van der Waals surface area contributed by atoms with Gasteiger partial charge in [-0.05, 0) is 6.42 Å². The summed E-state index contributed by atoms with van der Waals surface area (Å²) in [6, 6.07) is 0. The van der Waals surface area contributed by atoms with Gasteiger partial charge in [0.15, 0.2) is 0 Å². The fourth-order valence-electron chi connectivity index (χ4n) is 1.01. The van der Waals surface area contributed by atoms with Crippen molar-refractivity contribution in [2.75, 3.05) is 13.1 Å². The second kappa shape index (κ2) is 2.85. The van der Waals surface area contributed by atoms with Gasteiger partial charge in [0, 0.05) is 0 Å². The van der Waals surface area contributed by atoms with Crippen molar-refractivity contribution in [3.05, 3.63) is 0 Å². The third-order valence-corrected chi connectivity index (χ3v) is 1.86. The molecule has 1 unspecified atom stereocenters. The van der Waals surface area contributed by atoms with Crippen molar-refractivity contribution in [3.8, 4) is 0 Å². The summed E-state index contributed by atoms with van der Waals surface area (Å²) in [5.41, 5.74) is 0. The Kier molecular flexibility index (Phi) is 2.09. The summed E-state index contributed by atoms with van der Waals surface area (Å²) >= 11 is 0. The molecule has 0 bridgehead atoms. The topological polar surface area (TPSA) is 26.0 Å². The van der Waals surface area contributed by atoms with Gasteiger partial charge in [-0.1, -0.05) is 13.8 Å². The zero-order chi connectivity index (χ0) is 6.69. The SMILES string of the molecule is CCC(C)C1=[NH+]CCN1. The first-order valence-electron chi connectivity index (χ1n) is 3.69. The summed E-state index contributed by atoms with van der Waals surface area (Å²) in [5, 5.41) is 3.31. The van der Waals surface area contributed by atoms with Crippen LogP contribution in [0.3, 0.4) is 0 Å². The highest BCUT2D eigenvalue weighted by atomic mass is 15.1. The van der Waals surface area contributed by atoms with Crippen LogP contribution in [0.1, 0.15) is 20.3 Å². The third-order valence-electron chi connectivity index (χ3n) is 1.86. The molecule has 0 radical (unpaired) electrons. The predicted molar refractivity (Wildman–Crippen MR) is 38.3 cm³/mol. The molecule has 52 valence electrons. The van der Waals surface area contributed by atoms with E-state index in [2.05, 4.69) is 24.2 Å². The molecule has 1 heterocycles. The Hall–Kier alpha value is -0.530. The van der Waals surface area contributed by atoms with Gasteiger partial charge in [0.05, 0.1) is 5.92 Å². The Morgan fingerprint density at radius 3 is 3.00 bits per heavy atom. The molecule has 9 heavy (non-hydrogen) atoms. The zero-order valence-electron chi connectivity index (χ0n) is 6.20. The van der Waals surface area contributed by atoms with Crippen LogP contribution in [0.15, 0.2) is 0 Å². The normalized spacial score (nSPS) is 20.9. The highest BCUT2D eigenvalue weighted by Crippen LogP contribution is 1.97. The molecule has 0 spiro atoms. The summed E-state index contributed by atoms with van der Waals surface area (Å²) in [6.07, 6.45) is 1.22. The second-order valence-corrected chi connectivity index (χ2v) is 2.58. The van der Waals surface area contributed by atoms with E-state index in [4.69, 9.17) is 0 Å². The Bertz CT molecular complexity index is 118. The summed E-state index contributed by atoms with van der Waals surface area (Å²) in [6.45, 7) is 6.64. The maximum Gasteiger partial charge on any atom is 0.245 e. The van der Waals surface area contributed by atoms with E-state index in [9.17, 15) is 0 Å². The molecular formula is C7H15N2+. The second-order valence-electron chi connectivity index (χ2n) is 2.58. The van der Waals surface area contributed by atoms with E-state index in [0.717, 1.165) is 13.1 Å². The van der Waals surface area contributed by atoms with Crippen molar-refractivity contribution in [2.24, 2.45) is 5.92 Å². The van der Waals surface area contributed by atoms with Gasteiger partial charge < -0.3 is 0 Å². The molecule has 1 atom stereocenters. The lowest BCUT2D eigenvalue weighted by molar-refractivity contribution is -0.447. The molecule has 0 saturated carbocycles. The minimum Gasteiger partial charge on any atom is -0.274 e. The molecule has 2 nitrogen and oxygen atoms in total. The molecule has 0 aromatic rings. The van der Waals surface area contributed by atoms with Crippen LogP contribution < -0.4 is 10.3 Å². The van der Waals surface area contributed by atoms with Crippen molar-refractivity contribution in [1.29, 1.82) is 0 Å². The van der Waals surface area contributed by atoms with Crippen LogP contribution in [0, 0.1) is 5.92 Å². The van der Waals surface area contributed by atoms with Crippen LogP contribution in [0.5, 0.6) is 0 Å². The van der Waals surface area contributed by atoms with Crippen LogP contribution in [0.25, 0.3) is 0 Å². The van der Waals surface area contributed by atoms with E-state index in [0.29, 0.717) is 5.92 Å². The number of hydrogen-bond donors (Lipinski definition) is 2. The van der Waals surface area contributed by atoms with Crippen LogP contribution in [0.2, 0.25) is 0 Å². The standard InChI is InChI=1S/C7H14N2/c1-3-6(2)7-8-4-5-9-7/h6H,3-5H2,1-2H3,(H,8,9)/p+1. The van der Waals surface area contributed by atoms with Gasteiger partial charge in [-0.2, -0.15) is 0 Å². The van der Waals surface area contributed by atoms with E-state index in [1.165, 1.54) is 12.3 Å². The minimum absolute atomic E-state index is 0.687. The van der Waals surface area contributed by atoms with Crippen molar-refractivity contribution >= 4 is 5.84 Å². The third kappa shape index (κ3) is 1.44. The lowest BCUT2D eigenvalue weighted by atomic mass is 10.1. The lowest BCUT2D eigenvalue weighted by Gasteiger charge is -2.00. The Balaban J connectivity index is 2.40. The fourth-order valence-corrected chi connectivity index (χ4v) is 1.01. The molecule has 0 amide bonds. The predicted octanol–water partition coefficient (Wildman–Crippen LogP) is -0.885. The van der Waals surface area contributed by atoms with Gasteiger partial charge in [-0.3, -0.25) is 10.3 Å². The van der Waals surface area contributed by atoms with E-state index in [1.807, 2.05) is 0 Å². The number of hydrogen-bond acceptors (Lipinski definition) is 1. The lowest BCUT2D eigenvalue weighted by Crippen LogP contribution is -2.71. The van der Waals surface area contributed by atoms with E-state index < -0.39 is 0 Å². The number of amidine groups is 1. The monoisotopic (exact) mass is 127 g/mol. The molecule has 0 aromatic heterocycles. The molecule has 1 aliphatic rings. The van der Waals surface area contributed by atoms with Crippen molar-refractivity contribution in [2.45, 2.75) is 20.3 Å². The Morgan fingerprint density at radius 1 is 1.78 bits per heavy atom. The zero-order valence-corrected chi connectivity index (χ0v) is 6.20. The average Bonchev–Trinajstić information content (AvgIpc) is 2.37. The van der Waals surface area contributed by atoms with Crippen LogP contribution in [0.4, 0.5) is 0 Å². The summed E-state index contributed by atoms with van der Waals surface area (Å²) in [4.78, 5) is 3.31. The van der Waals surface area contributed by atoms with Crippen molar-refractivity contribution in [3.63, 3.8) is 0 Å². The van der Waals surface area contributed by atoms with Crippen LogP contribution in [-0.4, -0.2) is 18.9 Å². The van der Waals surface area contributed by atoms with E-state index in [1.54, 1.807) is 0 Å². The first-order valence-corrected chi connectivity index (χ1v) is 3.69. The molecule has 1 aliphatic heterocycles. The summed E-state index contributed by atoms with van der Waals surface area (Å²) in [7, 11) is 0. The van der Waals surface area contributed by atoms with Crippen molar-refractivity contribution in [1.82, 2.24) is 5.32 Å². The highest BCUT2D eigenvalue weighted by Gasteiger charge is 2.17. The van der Waals surface area contributed by atoms with E-state index in [-0.39, 0.29) is 0 Å². The Labute approximate surface area is 56.4 Å². The van der Waals surface area contributed by atoms with Crippen LogP contribution in [-0.2, 0) is 0 Å². The average molecular weight is 127 g/mol. The quantitative estimate of drug-likeness (QED) is 0.495. The number of nitrogens with one attached hydrogen (secondary N) is 2. The maximum atomic E-state index is 3.31. The molecule has 0 aliphatic carbocycles. The highest BCUT2D eigenvalue weighted by molar-refractivity contribution is 5.79. The first kappa shape index (κ1) is 6.59. The smallest absolute Gasteiger partial charge is 0.245 e. The summed E-state index contributed by atoms with van der Waals surface area (Å²) < 4.78 is 0. The molecule has 2 heteroatoms. The molecule has 0 saturated heterocycles. The van der Waals surface area contributed by atoms with Crippen LogP contribution >= 0.6 is 0 Å². The van der Waals surface area contributed by atoms with E-state index >= 15 is 0 Å². The largest absolute Gasteiger partial charge is 0.274 e. The molecule has 0 fully saturated rings. The molecule has 0 aromatic carbocycles. The van der Waals surface area contributed by atoms with Gasteiger partial charge in [-0.15, -0.1) is 0 Å². The first-order chi connectivity index (χ1) is 4.34. The maximum absolute atomic E-state index is 3.31. The van der Waals surface area contributed by atoms with Gasteiger partial charge in [-0.25, -0.2) is 0 Å². The molecule has 1 rings (SSSR count). The van der Waals surface area contributed by atoms with Gasteiger partial charge in [0.25, 0.3) is 0 Å². The minimum atomic E-state index is 0.687.